The summed E-state index contributed by atoms with van der Waals surface area (Å²) in [6.07, 6.45) is 6.26. The second-order valence-corrected chi connectivity index (χ2v) is 8.77. The van der Waals surface area contributed by atoms with Crippen molar-refractivity contribution < 1.29 is 14.3 Å². The average Bonchev–Trinajstić information content (AvgIpc) is 2.77. The zero-order valence-corrected chi connectivity index (χ0v) is 18.5. The fourth-order valence-corrected chi connectivity index (χ4v) is 4.61. The number of hydrogen-bond acceptors (Lipinski definition) is 4. The fraction of sp³-hybridized carbons (Fsp3) is 0.417. The summed E-state index contributed by atoms with van der Waals surface area (Å²) in [5, 5.41) is 5.99. The molecule has 0 atom stereocenters. The Morgan fingerprint density at radius 3 is 2.63 bits per heavy atom. The highest BCUT2D eigenvalue weighted by molar-refractivity contribution is 8.00. The van der Waals surface area contributed by atoms with Crippen LogP contribution in [0.1, 0.15) is 48.0 Å². The molecule has 1 fully saturated rings. The van der Waals surface area contributed by atoms with E-state index in [-0.39, 0.29) is 11.8 Å². The van der Waals surface area contributed by atoms with Gasteiger partial charge in [0.15, 0.2) is 0 Å². The largest absolute Gasteiger partial charge is 0.495 e. The lowest BCUT2D eigenvalue weighted by molar-refractivity contribution is -0.118. The minimum absolute atomic E-state index is 0.0149. The molecule has 160 valence electrons. The average molecular weight is 427 g/mol. The van der Waals surface area contributed by atoms with Gasteiger partial charge in [-0.3, -0.25) is 9.59 Å². The minimum atomic E-state index is -0.218. The van der Waals surface area contributed by atoms with Crippen molar-refractivity contribution in [1.29, 1.82) is 0 Å². The number of carbonyl (C=O) groups is 2. The van der Waals surface area contributed by atoms with Gasteiger partial charge in [0.2, 0.25) is 5.91 Å². The van der Waals surface area contributed by atoms with Crippen molar-refractivity contribution in [2.75, 3.05) is 24.7 Å². The molecule has 0 spiro atoms. The standard InChI is InChI=1S/C24H30N2O3S/c1-17-12-13-21(29-2)20(14-17)26-24(28)19-10-6-7-11-22(19)30-16-23(27)25-15-18-8-4-3-5-9-18/h6-7,10-14,18H,3-5,8-9,15-16H2,1-2H3,(H,25,27)(H,26,28). The Morgan fingerprint density at radius 1 is 1.10 bits per heavy atom. The van der Waals surface area contributed by atoms with Crippen molar-refractivity contribution in [1.82, 2.24) is 5.32 Å². The van der Waals surface area contributed by atoms with Gasteiger partial charge >= 0.3 is 0 Å². The van der Waals surface area contributed by atoms with E-state index < -0.39 is 0 Å². The van der Waals surface area contributed by atoms with Crippen molar-refractivity contribution in [3.8, 4) is 5.75 Å². The molecule has 2 aromatic rings. The normalized spacial score (nSPS) is 14.2. The van der Waals surface area contributed by atoms with Crippen molar-refractivity contribution in [2.24, 2.45) is 5.92 Å². The maximum Gasteiger partial charge on any atom is 0.256 e. The van der Waals surface area contributed by atoms with E-state index in [0.29, 0.717) is 28.7 Å². The van der Waals surface area contributed by atoms with Crippen LogP contribution in [0.15, 0.2) is 47.4 Å². The highest BCUT2D eigenvalue weighted by Crippen LogP contribution is 2.28. The van der Waals surface area contributed by atoms with Crippen molar-refractivity contribution in [2.45, 2.75) is 43.9 Å². The number of thioether (sulfide) groups is 1. The first-order valence-corrected chi connectivity index (χ1v) is 11.5. The molecule has 1 aliphatic rings. The van der Waals surface area contributed by atoms with Crippen molar-refractivity contribution in [3.05, 3.63) is 53.6 Å². The monoisotopic (exact) mass is 426 g/mol. The fourth-order valence-electron chi connectivity index (χ4n) is 3.73. The summed E-state index contributed by atoms with van der Waals surface area (Å²) in [6.45, 7) is 2.72. The van der Waals surface area contributed by atoms with E-state index in [0.717, 1.165) is 17.0 Å². The van der Waals surface area contributed by atoms with Gasteiger partial charge in [-0.2, -0.15) is 0 Å². The number of amides is 2. The highest BCUT2D eigenvalue weighted by atomic mass is 32.2. The van der Waals surface area contributed by atoms with Crippen LogP contribution < -0.4 is 15.4 Å². The van der Waals surface area contributed by atoms with Crippen LogP contribution in [-0.2, 0) is 4.79 Å². The quantitative estimate of drug-likeness (QED) is 0.580. The van der Waals surface area contributed by atoms with Gasteiger partial charge < -0.3 is 15.4 Å². The number of carbonyl (C=O) groups excluding carboxylic acids is 2. The molecule has 2 amide bonds. The van der Waals surface area contributed by atoms with Gasteiger partial charge in [-0.25, -0.2) is 0 Å². The Hall–Kier alpha value is -2.47. The Labute approximate surface area is 183 Å². The third kappa shape index (κ3) is 6.26. The number of benzene rings is 2. The number of nitrogens with one attached hydrogen (secondary N) is 2. The molecule has 0 unspecified atom stereocenters. The van der Waals surface area contributed by atoms with Crippen LogP contribution in [0.3, 0.4) is 0 Å². The molecule has 1 saturated carbocycles. The predicted octanol–water partition coefficient (Wildman–Crippen LogP) is 5.04. The number of ether oxygens (including phenoxy) is 1. The maximum absolute atomic E-state index is 12.9. The molecule has 1 aliphatic carbocycles. The Balaban J connectivity index is 1.59. The zero-order valence-electron chi connectivity index (χ0n) is 17.7. The highest BCUT2D eigenvalue weighted by Gasteiger charge is 2.17. The first-order chi connectivity index (χ1) is 14.6. The molecule has 30 heavy (non-hydrogen) atoms. The Kier molecular flexibility index (Phi) is 8.20. The van der Waals surface area contributed by atoms with Crippen LogP contribution in [0.5, 0.6) is 5.75 Å². The van der Waals surface area contributed by atoms with E-state index >= 15 is 0 Å². The van der Waals surface area contributed by atoms with Crippen LogP contribution in [0, 0.1) is 12.8 Å². The molecule has 0 radical (unpaired) electrons. The van der Waals surface area contributed by atoms with Gasteiger partial charge in [-0.05, 0) is 55.5 Å². The number of hydrogen-bond donors (Lipinski definition) is 2. The van der Waals surface area contributed by atoms with Crippen LogP contribution >= 0.6 is 11.8 Å². The molecule has 6 heteroatoms. The zero-order chi connectivity index (χ0) is 21.3. The summed E-state index contributed by atoms with van der Waals surface area (Å²) < 4.78 is 5.35. The molecule has 2 N–H and O–H groups in total. The molecule has 5 nitrogen and oxygen atoms in total. The summed E-state index contributed by atoms with van der Waals surface area (Å²) in [7, 11) is 1.58. The maximum atomic E-state index is 12.9. The number of aryl methyl sites for hydroxylation is 1. The smallest absolute Gasteiger partial charge is 0.256 e. The number of methoxy groups -OCH3 is 1. The lowest BCUT2D eigenvalue weighted by atomic mass is 9.89. The molecule has 0 aliphatic heterocycles. The number of rotatable bonds is 8. The van der Waals surface area contributed by atoms with E-state index in [9.17, 15) is 9.59 Å². The Bertz CT molecular complexity index is 879. The van der Waals surface area contributed by atoms with Crippen LogP contribution in [-0.4, -0.2) is 31.2 Å². The van der Waals surface area contributed by atoms with Gasteiger partial charge in [0.25, 0.3) is 5.91 Å². The first-order valence-electron chi connectivity index (χ1n) is 10.5. The van der Waals surface area contributed by atoms with Gasteiger partial charge in [-0.15, -0.1) is 11.8 Å². The molecular weight excluding hydrogens is 396 g/mol. The third-order valence-electron chi connectivity index (χ3n) is 5.41. The lowest BCUT2D eigenvalue weighted by Crippen LogP contribution is -2.31. The van der Waals surface area contributed by atoms with Crippen molar-refractivity contribution in [3.63, 3.8) is 0 Å². The summed E-state index contributed by atoms with van der Waals surface area (Å²) in [6, 6.07) is 13.0. The van der Waals surface area contributed by atoms with Gasteiger partial charge in [0.1, 0.15) is 5.75 Å². The Morgan fingerprint density at radius 2 is 1.87 bits per heavy atom. The summed E-state index contributed by atoms with van der Waals surface area (Å²) in [5.74, 6) is 1.31. The summed E-state index contributed by atoms with van der Waals surface area (Å²) in [4.78, 5) is 26.0. The van der Waals surface area contributed by atoms with Crippen LogP contribution in [0.4, 0.5) is 5.69 Å². The van der Waals surface area contributed by atoms with Gasteiger partial charge in [0, 0.05) is 11.4 Å². The molecule has 3 rings (SSSR count). The van der Waals surface area contributed by atoms with Crippen molar-refractivity contribution >= 4 is 29.3 Å². The van der Waals surface area contributed by atoms with Gasteiger partial charge in [-0.1, -0.05) is 37.5 Å². The minimum Gasteiger partial charge on any atom is -0.495 e. The third-order valence-corrected chi connectivity index (χ3v) is 6.48. The molecule has 0 bridgehead atoms. The first kappa shape index (κ1) is 22.2. The SMILES string of the molecule is COc1ccc(C)cc1NC(=O)c1ccccc1SCC(=O)NCC1CCCCC1. The summed E-state index contributed by atoms with van der Waals surface area (Å²) >= 11 is 1.39. The second-order valence-electron chi connectivity index (χ2n) is 7.75. The topological polar surface area (TPSA) is 67.4 Å². The van der Waals surface area contributed by atoms with Crippen LogP contribution in [0.25, 0.3) is 0 Å². The van der Waals surface area contributed by atoms with E-state index in [1.807, 2.05) is 43.3 Å². The predicted molar refractivity (Wildman–Crippen MR) is 122 cm³/mol. The molecule has 0 aromatic heterocycles. The van der Waals surface area contributed by atoms with E-state index in [4.69, 9.17) is 4.74 Å². The second kappa shape index (κ2) is 11.1. The van der Waals surface area contributed by atoms with Gasteiger partial charge in [0.05, 0.1) is 24.1 Å². The van der Waals surface area contributed by atoms with E-state index in [2.05, 4.69) is 10.6 Å². The molecule has 0 saturated heterocycles. The van der Waals surface area contributed by atoms with E-state index in [1.165, 1.54) is 43.9 Å². The molecular formula is C24H30N2O3S. The molecule has 2 aromatic carbocycles. The lowest BCUT2D eigenvalue weighted by Gasteiger charge is -2.21. The number of anilines is 1. The summed E-state index contributed by atoms with van der Waals surface area (Å²) in [5.41, 5.74) is 2.21. The van der Waals surface area contributed by atoms with Crippen LogP contribution in [0.2, 0.25) is 0 Å². The van der Waals surface area contributed by atoms with E-state index in [1.54, 1.807) is 13.2 Å². The molecule has 0 heterocycles.